The van der Waals surface area contributed by atoms with E-state index in [-0.39, 0.29) is 0 Å². The van der Waals surface area contributed by atoms with Crippen LogP contribution in [-0.4, -0.2) is 19.4 Å². The van der Waals surface area contributed by atoms with Gasteiger partial charge in [-0.3, -0.25) is 0 Å². The number of methoxy groups -OCH3 is 1. The maximum absolute atomic E-state index is 12.7. The van der Waals surface area contributed by atoms with E-state index in [4.69, 9.17) is 4.74 Å². The zero-order valence-electron chi connectivity index (χ0n) is 6.64. The van der Waals surface area contributed by atoms with E-state index in [2.05, 4.69) is 6.92 Å². The highest BCUT2D eigenvalue weighted by molar-refractivity contribution is 4.77. The van der Waals surface area contributed by atoms with Crippen LogP contribution in [-0.2, 0) is 4.74 Å². The highest BCUT2D eigenvalue weighted by atomic mass is 19.1. The first-order chi connectivity index (χ1) is 4.74. The van der Waals surface area contributed by atoms with Gasteiger partial charge in [-0.2, -0.15) is 0 Å². The summed E-state index contributed by atoms with van der Waals surface area (Å²) in [6.07, 6.45) is 1.97. The fraction of sp³-hybridized carbons (Fsp3) is 1.00. The minimum Gasteiger partial charge on any atom is -0.381 e. The fourth-order valence-electron chi connectivity index (χ4n) is 1.65. The van der Waals surface area contributed by atoms with Crippen LogP contribution in [0.4, 0.5) is 4.39 Å². The lowest BCUT2D eigenvalue weighted by molar-refractivity contribution is 0.00833. The molecule has 1 unspecified atom stereocenters. The quantitative estimate of drug-likeness (QED) is 0.550. The Labute approximate surface area is 61.6 Å². The summed E-state index contributed by atoms with van der Waals surface area (Å²) in [5.74, 6) is 0.397. The minimum atomic E-state index is -0.582. The number of alkyl halides is 1. The first kappa shape index (κ1) is 7.99. The van der Waals surface area contributed by atoms with E-state index < -0.39 is 6.17 Å². The van der Waals surface area contributed by atoms with E-state index in [0.717, 1.165) is 6.42 Å². The molecule has 0 aliphatic heterocycles. The third-order valence-corrected chi connectivity index (χ3v) is 2.33. The molecule has 1 rings (SSSR count). The Hall–Kier alpha value is -0.110. The maximum atomic E-state index is 12.7. The van der Waals surface area contributed by atoms with Crippen molar-refractivity contribution in [3.63, 3.8) is 0 Å². The summed E-state index contributed by atoms with van der Waals surface area (Å²) in [4.78, 5) is 0. The molecule has 10 heavy (non-hydrogen) atoms. The lowest BCUT2D eigenvalue weighted by Crippen LogP contribution is -2.29. The summed E-state index contributed by atoms with van der Waals surface area (Å²) in [5, 5.41) is 0. The molecule has 60 valence electrons. The van der Waals surface area contributed by atoms with Crippen LogP contribution in [0.3, 0.4) is 0 Å². The summed E-state index contributed by atoms with van der Waals surface area (Å²) < 4.78 is 17.9. The number of rotatable bonds is 1. The average Bonchev–Trinajstić information content (AvgIpc) is 1.88. The Morgan fingerprint density at radius 3 is 2.60 bits per heavy atom. The van der Waals surface area contributed by atoms with Gasteiger partial charge in [0.15, 0.2) is 0 Å². The second-order valence-corrected chi connectivity index (χ2v) is 3.16. The Balaban J connectivity index is 2.36. The molecular weight excluding hydrogens is 131 g/mol. The van der Waals surface area contributed by atoms with E-state index in [1.807, 2.05) is 0 Å². The Bertz CT molecular complexity index is 105. The van der Waals surface area contributed by atoms with Crippen molar-refractivity contribution >= 4 is 0 Å². The number of hydrogen-bond acceptors (Lipinski definition) is 1. The van der Waals surface area contributed by atoms with Gasteiger partial charge in [0.1, 0.15) is 6.17 Å². The van der Waals surface area contributed by atoms with Crippen molar-refractivity contribution in [2.24, 2.45) is 5.92 Å². The van der Waals surface area contributed by atoms with Crippen LogP contribution in [0, 0.1) is 5.92 Å². The standard InChI is InChI=1S/C8H15FO/c1-6-5-7(9)3-4-8(6)10-2/h6-8H,3-5H2,1-2H3/t6-,7-,8?/m1/s1. The van der Waals surface area contributed by atoms with Crippen molar-refractivity contribution in [2.45, 2.75) is 38.5 Å². The number of halogens is 1. The molecular formula is C8H15FO. The van der Waals surface area contributed by atoms with Crippen molar-refractivity contribution < 1.29 is 9.13 Å². The molecule has 0 amide bonds. The van der Waals surface area contributed by atoms with Crippen molar-refractivity contribution in [3.05, 3.63) is 0 Å². The topological polar surface area (TPSA) is 9.23 Å². The van der Waals surface area contributed by atoms with Crippen LogP contribution in [0.5, 0.6) is 0 Å². The molecule has 0 heterocycles. The van der Waals surface area contributed by atoms with Crippen LogP contribution < -0.4 is 0 Å². The van der Waals surface area contributed by atoms with Gasteiger partial charge < -0.3 is 4.74 Å². The van der Waals surface area contributed by atoms with Gasteiger partial charge in [0.25, 0.3) is 0 Å². The first-order valence-corrected chi connectivity index (χ1v) is 3.91. The Kier molecular flexibility index (Phi) is 2.66. The third-order valence-electron chi connectivity index (χ3n) is 2.33. The molecule has 1 saturated carbocycles. The molecule has 1 nitrogen and oxygen atoms in total. The van der Waals surface area contributed by atoms with Crippen LogP contribution in [0.1, 0.15) is 26.2 Å². The maximum Gasteiger partial charge on any atom is 0.101 e. The average molecular weight is 146 g/mol. The molecule has 0 saturated heterocycles. The molecule has 0 aromatic carbocycles. The monoisotopic (exact) mass is 146 g/mol. The lowest BCUT2D eigenvalue weighted by Gasteiger charge is -2.29. The molecule has 1 aliphatic carbocycles. The third kappa shape index (κ3) is 1.69. The SMILES string of the molecule is COC1CC[C@@H](F)C[C@H]1C. The van der Waals surface area contributed by atoms with Gasteiger partial charge in [-0.15, -0.1) is 0 Å². The minimum absolute atomic E-state index is 0.298. The van der Waals surface area contributed by atoms with Crippen molar-refractivity contribution in [2.75, 3.05) is 7.11 Å². The van der Waals surface area contributed by atoms with Crippen LogP contribution >= 0.6 is 0 Å². The van der Waals surface area contributed by atoms with Crippen molar-refractivity contribution in [3.8, 4) is 0 Å². The van der Waals surface area contributed by atoms with Gasteiger partial charge >= 0.3 is 0 Å². The predicted molar refractivity (Wildman–Crippen MR) is 38.7 cm³/mol. The number of hydrogen-bond donors (Lipinski definition) is 0. The lowest BCUT2D eigenvalue weighted by atomic mass is 9.87. The van der Waals surface area contributed by atoms with Crippen LogP contribution in [0.15, 0.2) is 0 Å². The molecule has 2 heteroatoms. The molecule has 3 atom stereocenters. The van der Waals surface area contributed by atoms with Gasteiger partial charge in [0, 0.05) is 7.11 Å². The summed E-state index contributed by atoms with van der Waals surface area (Å²) in [5.41, 5.74) is 0. The molecule has 0 bridgehead atoms. The van der Waals surface area contributed by atoms with Gasteiger partial charge in [0.05, 0.1) is 6.10 Å². The highest BCUT2D eigenvalue weighted by Crippen LogP contribution is 2.27. The van der Waals surface area contributed by atoms with Gasteiger partial charge in [-0.05, 0) is 25.2 Å². The first-order valence-electron chi connectivity index (χ1n) is 3.91. The summed E-state index contributed by atoms with van der Waals surface area (Å²) in [6, 6.07) is 0. The van der Waals surface area contributed by atoms with Crippen molar-refractivity contribution in [1.82, 2.24) is 0 Å². The Morgan fingerprint density at radius 2 is 2.10 bits per heavy atom. The molecule has 1 fully saturated rings. The summed E-state index contributed by atoms with van der Waals surface area (Å²) >= 11 is 0. The molecule has 1 aliphatic rings. The molecule has 0 N–H and O–H groups in total. The van der Waals surface area contributed by atoms with Crippen molar-refractivity contribution in [1.29, 1.82) is 0 Å². The van der Waals surface area contributed by atoms with Gasteiger partial charge in [-0.25, -0.2) is 4.39 Å². The van der Waals surface area contributed by atoms with E-state index in [1.54, 1.807) is 7.11 Å². The molecule has 0 radical (unpaired) electrons. The van der Waals surface area contributed by atoms with Gasteiger partial charge in [-0.1, -0.05) is 6.92 Å². The fourth-order valence-corrected chi connectivity index (χ4v) is 1.65. The van der Waals surface area contributed by atoms with E-state index in [1.165, 1.54) is 0 Å². The second-order valence-electron chi connectivity index (χ2n) is 3.16. The summed E-state index contributed by atoms with van der Waals surface area (Å²) in [7, 11) is 1.71. The largest absolute Gasteiger partial charge is 0.381 e. The molecule has 0 aromatic rings. The predicted octanol–water partition coefficient (Wildman–Crippen LogP) is 2.16. The van der Waals surface area contributed by atoms with Crippen LogP contribution in [0.25, 0.3) is 0 Å². The zero-order chi connectivity index (χ0) is 7.56. The highest BCUT2D eigenvalue weighted by Gasteiger charge is 2.26. The smallest absolute Gasteiger partial charge is 0.101 e. The van der Waals surface area contributed by atoms with Gasteiger partial charge in [0.2, 0.25) is 0 Å². The van der Waals surface area contributed by atoms with Crippen LogP contribution in [0.2, 0.25) is 0 Å². The zero-order valence-corrected chi connectivity index (χ0v) is 6.64. The second kappa shape index (κ2) is 3.33. The normalized spacial score (nSPS) is 41.7. The van der Waals surface area contributed by atoms with E-state index in [9.17, 15) is 4.39 Å². The number of ether oxygens (including phenoxy) is 1. The van der Waals surface area contributed by atoms with E-state index >= 15 is 0 Å². The molecule has 0 aromatic heterocycles. The molecule has 0 spiro atoms. The van der Waals surface area contributed by atoms with E-state index in [0.29, 0.717) is 24.9 Å². The summed E-state index contributed by atoms with van der Waals surface area (Å²) in [6.45, 7) is 2.06. The Morgan fingerprint density at radius 1 is 1.40 bits per heavy atom.